The Morgan fingerprint density at radius 2 is 1.47 bits per heavy atom. The van der Waals surface area contributed by atoms with Gasteiger partial charge in [0.25, 0.3) is 0 Å². The Hall–Kier alpha value is -1.44. The van der Waals surface area contributed by atoms with Gasteiger partial charge in [-0.1, -0.05) is 6.92 Å². The van der Waals surface area contributed by atoms with Gasteiger partial charge in [-0.2, -0.15) is 0 Å². The van der Waals surface area contributed by atoms with Crippen LogP contribution in [-0.2, 0) is 18.9 Å². The molecule has 0 heterocycles. The van der Waals surface area contributed by atoms with Crippen molar-refractivity contribution in [3.05, 3.63) is 0 Å². The van der Waals surface area contributed by atoms with Crippen molar-refractivity contribution in [2.75, 3.05) is 0 Å². The van der Waals surface area contributed by atoms with Gasteiger partial charge in [-0.3, -0.25) is 18.9 Å². The average molecular weight is 270 g/mol. The molecule has 10 heteroatoms. The molecule has 0 radical (unpaired) electrons. The van der Waals surface area contributed by atoms with Gasteiger partial charge in [0, 0.05) is 0 Å². The minimum absolute atomic E-state index is 0.837. The van der Waals surface area contributed by atoms with E-state index in [1.807, 2.05) is 0 Å². The molecular weight excluding hydrogens is 259 g/mol. The molecule has 0 bridgehead atoms. The molecule has 0 amide bonds. The molecule has 0 rings (SSSR count). The number of hydrogen-bond acceptors (Lipinski definition) is 4. The van der Waals surface area contributed by atoms with E-state index in [9.17, 15) is 18.9 Å². The molecule has 0 aliphatic rings. The second-order valence-electron chi connectivity index (χ2n) is 3.24. The molecule has 0 aliphatic carbocycles. The maximum Gasteiger partial charge on any atom is 0.344 e. The lowest BCUT2D eigenvalue weighted by molar-refractivity contribution is -0.163. The third-order valence-electron chi connectivity index (χ3n) is 2.40. The van der Waals surface area contributed by atoms with Crippen LogP contribution in [0.3, 0.4) is 0 Å². The zero-order valence-corrected chi connectivity index (χ0v) is 9.50. The predicted octanol–water partition coefficient (Wildman–Crippen LogP) is -0.817. The minimum atomic E-state index is -5.49. The highest BCUT2D eigenvalue weighted by Gasteiger charge is 2.63. The monoisotopic (exact) mass is 270 g/mol. The van der Waals surface area contributed by atoms with Crippen LogP contribution in [0.5, 0.6) is 0 Å². The number of aliphatic carboxylic acids is 3. The first-order chi connectivity index (χ1) is 7.52. The van der Waals surface area contributed by atoms with E-state index in [2.05, 4.69) is 0 Å². The molecule has 17 heavy (non-hydrogen) atoms. The van der Waals surface area contributed by atoms with Gasteiger partial charge in [-0.15, -0.1) is 0 Å². The van der Waals surface area contributed by atoms with Crippen LogP contribution in [0, 0.1) is 5.92 Å². The Labute approximate surface area is 94.8 Å². The molecule has 0 fully saturated rings. The van der Waals surface area contributed by atoms with Gasteiger partial charge in [0.1, 0.15) is 0 Å². The summed E-state index contributed by atoms with van der Waals surface area (Å²) in [6.45, 7) is 0.992. The van der Waals surface area contributed by atoms with Crippen molar-refractivity contribution in [3.63, 3.8) is 0 Å². The first-order valence-electron chi connectivity index (χ1n) is 4.27. The quantitative estimate of drug-likeness (QED) is 0.305. The van der Waals surface area contributed by atoms with Crippen LogP contribution in [0.15, 0.2) is 0 Å². The SMILES string of the molecule is CCC(C(=O)O)(C(C(=O)O)C(=O)O)P(=O)(O)O. The predicted molar refractivity (Wildman–Crippen MR) is 51.5 cm³/mol. The molecule has 9 nitrogen and oxygen atoms in total. The highest BCUT2D eigenvalue weighted by molar-refractivity contribution is 7.55. The number of rotatable bonds is 6. The maximum absolute atomic E-state index is 11.2. The van der Waals surface area contributed by atoms with Gasteiger partial charge in [-0.05, 0) is 6.42 Å². The van der Waals surface area contributed by atoms with E-state index in [0.717, 1.165) is 6.92 Å². The first kappa shape index (κ1) is 15.6. The lowest BCUT2D eigenvalue weighted by Crippen LogP contribution is -2.52. The van der Waals surface area contributed by atoms with E-state index in [0.29, 0.717) is 0 Å². The van der Waals surface area contributed by atoms with Crippen LogP contribution in [0.25, 0.3) is 0 Å². The normalized spacial score (nSPS) is 15.3. The molecule has 0 aromatic heterocycles. The fourth-order valence-corrected chi connectivity index (χ4v) is 2.71. The molecule has 5 N–H and O–H groups in total. The lowest BCUT2D eigenvalue weighted by atomic mass is 9.89. The van der Waals surface area contributed by atoms with Crippen molar-refractivity contribution in [1.29, 1.82) is 0 Å². The van der Waals surface area contributed by atoms with Gasteiger partial charge < -0.3 is 25.1 Å². The Bertz CT molecular complexity index is 382. The second-order valence-corrected chi connectivity index (χ2v) is 5.12. The van der Waals surface area contributed by atoms with Crippen LogP contribution in [0.4, 0.5) is 0 Å². The maximum atomic E-state index is 11.2. The third-order valence-corrected chi connectivity index (χ3v) is 4.21. The number of hydrogen-bond donors (Lipinski definition) is 5. The smallest absolute Gasteiger partial charge is 0.344 e. The standard InChI is InChI=1S/C7H11O9P/c1-2-7(6(12)13,17(14,15)16)3(4(8)9)5(10)11/h3H,2H2,1H3,(H,8,9)(H,10,11)(H,12,13)(H2,14,15,16). The van der Waals surface area contributed by atoms with Gasteiger partial charge in [0.05, 0.1) is 0 Å². The largest absolute Gasteiger partial charge is 0.481 e. The molecule has 0 aromatic carbocycles. The average Bonchev–Trinajstić information content (AvgIpc) is 2.09. The van der Waals surface area contributed by atoms with Crippen molar-refractivity contribution in [1.82, 2.24) is 0 Å². The first-order valence-corrected chi connectivity index (χ1v) is 5.88. The third kappa shape index (κ3) is 2.46. The molecule has 0 aliphatic heterocycles. The van der Waals surface area contributed by atoms with Gasteiger partial charge in [-0.25, -0.2) is 0 Å². The molecule has 0 saturated heterocycles. The Morgan fingerprint density at radius 1 is 1.12 bits per heavy atom. The Balaban J connectivity index is 6.10. The molecule has 0 saturated carbocycles. The molecule has 1 unspecified atom stereocenters. The van der Waals surface area contributed by atoms with Crippen LogP contribution >= 0.6 is 7.60 Å². The summed E-state index contributed by atoms with van der Waals surface area (Å²) in [5.74, 6) is -9.14. The van der Waals surface area contributed by atoms with E-state index in [-0.39, 0.29) is 0 Å². The Morgan fingerprint density at radius 3 is 1.53 bits per heavy atom. The van der Waals surface area contributed by atoms with E-state index >= 15 is 0 Å². The summed E-state index contributed by atoms with van der Waals surface area (Å²) in [5.41, 5.74) is 0. The summed E-state index contributed by atoms with van der Waals surface area (Å²) in [6, 6.07) is 0. The summed E-state index contributed by atoms with van der Waals surface area (Å²) in [5, 5.41) is 22.9. The van der Waals surface area contributed by atoms with Crippen molar-refractivity contribution in [3.8, 4) is 0 Å². The molecule has 1 atom stereocenters. The van der Waals surface area contributed by atoms with Gasteiger partial charge >= 0.3 is 25.5 Å². The van der Waals surface area contributed by atoms with E-state index in [1.165, 1.54) is 0 Å². The fraction of sp³-hybridized carbons (Fsp3) is 0.571. The van der Waals surface area contributed by atoms with Crippen LogP contribution in [0.2, 0.25) is 0 Å². The van der Waals surface area contributed by atoms with E-state index in [4.69, 9.17) is 25.1 Å². The molecule has 0 aromatic rings. The number of carboxylic acid groups (broad SMARTS) is 3. The van der Waals surface area contributed by atoms with Crippen LogP contribution in [-0.4, -0.2) is 48.2 Å². The number of carboxylic acids is 3. The molecular formula is C7H11O9P. The Kier molecular flexibility index (Phi) is 4.41. The van der Waals surface area contributed by atoms with Crippen LogP contribution < -0.4 is 0 Å². The highest BCUT2D eigenvalue weighted by Crippen LogP contribution is 2.56. The molecule has 98 valence electrons. The van der Waals surface area contributed by atoms with Crippen molar-refractivity contribution in [2.45, 2.75) is 18.5 Å². The summed E-state index contributed by atoms with van der Waals surface area (Å²) in [7, 11) is -5.49. The summed E-state index contributed by atoms with van der Waals surface area (Å²) >= 11 is 0. The van der Waals surface area contributed by atoms with Crippen molar-refractivity contribution in [2.24, 2.45) is 5.92 Å². The zero-order valence-electron chi connectivity index (χ0n) is 8.60. The minimum Gasteiger partial charge on any atom is -0.481 e. The van der Waals surface area contributed by atoms with E-state index in [1.54, 1.807) is 0 Å². The van der Waals surface area contributed by atoms with Gasteiger partial charge in [0.2, 0.25) is 0 Å². The highest BCUT2D eigenvalue weighted by atomic mass is 31.2. The summed E-state index contributed by atoms with van der Waals surface area (Å²) < 4.78 is 11.2. The number of carbonyl (C=O) groups is 3. The zero-order chi connectivity index (χ0) is 14.0. The topological polar surface area (TPSA) is 169 Å². The van der Waals surface area contributed by atoms with Gasteiger partial charge in [0.15, 0.2) is 11.1 Å². The lowest BCUT2D eigenvalue weighted by Gasteiger charge is -2.31. The summed E-state index contributed by atoms with van der Waals surface area (Å²) in [4.78, 5) is 50.3. The van der Waals surface area contributed by atoms with Crippen molar-refractivity contribution < 1.29 is 44.1 Å². The summed E-state index contributed by atoms with van der Waals surface area (Å²) in [6.07, 6.45) is -0.837. The fourth-order valence-electron chi connectivity index (χ4n) is 1.49. The van der Waals surface area contributed by atoms with E-state index < -0.39 is 43.0 Å². The second kappa shape index (κ2) is 4.82. The molecule has 0 spiro atoms. The van der Waals surface area contributed by atoms with Crippen molar-refractivity contribution >= 4 is 25.5 Å². The van der Waals surface area contributed by atoms with Crippen LogP contribution in [0.1, 0.15) is 13.3 Å².